The molecule has 0 saturated carbocycles. The molecule has 2 heteroatoms. The van der Waals surface area contributed by atoms with Gasteiger partial charge in [-0.05, 0) is 167 Å². The van der Waals surface area contributed by atoms with E-state index in [2.05, 4.69) is 193 Å². The van der Waals surface area contributed by atoms with Crippen LogP contribution < -0.4 is 9.64 Å². The molecule has 2 nitrogen and oxygen atoms in total. The van der Waals surface area contributed by atoms with Gasteiger partial charge in [-0.15, -0.1) is 0 Å². The zero-order valence-corrected chi connectivity index (χ0v) is 36.6. The topological polar surface area (TPSA) is 12.5 Å². The summed E-state index contributed by atoms with van der Waals surface area (Å²) in [6.07, 6.45) is 22.6. The van der Waals surface area contributed by atoms with E-state index < -0.39 is 5.41 Å². The van der Waals surface area contributed by atoms with E-state index in [9.17, 15) is 0 Å². The summed E-state index contributed by atoms with van der Waals surface area (Å²) in [6, 6.07) is 59.8. The number of fused-ring (bicyclic) bond motifs is 16. The lowest BCUT2D eigenvalue weighted by Crippen LogP contribution is -2.35. The minimum absolute atomic E-state index is 0.326. The molecule has 0 amide bonds. The maximum Gasteiger partial charge on any atom is 0.134 e. The van der Waals surface area contributed by atoms with Crippen LogP contribution in [0, 0.1) is 0 Å². The van der Waals surface area contributed by atoms with Crippen LogP contribution in [0.25, 0.3) is 27.8 Å². The Kier molecular flexibility index (Phi) is 8.12. The van der Waals surface area contributed by atoms with Gasteiger partial charge in [0.2, 0.25) is 0 Å². The van der Waals surface area contributed by atoms with Gasteiger partial charge < -0.3 is 9.64 Å². The Balaban J connectivity index is 1.00. The first-order valence-corrected chi connectivity index (χ1v) is 24.0. The van der Waals surface area contributed by atoms with Crippen LogP contribution in [0.4, 0.5) is 17.1 Å². The second kappa shape index (κ2) is 14.2. The molecule has 65 heavy (non-hydrogen) atoms. The van der Waals surface area contributed by atoms with Crippen molar-refractivity contribution in [1.82, 2.24) is 0 Å². The zero-order chi connectivity index (χ0) is 42.7. The highest BCUT2D eigenvalue weighted by molar-refractivity contribution is 5.92. The molecule has 6 aliphatic carbocycles. The van der Waals surface area contributed by atoms with Gasteiger partial charge in [-0.25, -0.2) is 0 Å². The van der Waals surface area contributed by atoms with E-state index in [1.807, 2.05) is 0 Å². The van der Waals surface area contributed by atoms with Crippen LogP contribution in [-0.4, -0.2) is 0 Å². The van der Waals surface area contributed by atoms with Gasteiger partial charge in [-0.3, -0.25) is 0 Å². The fourth-order valence-electron chi connectivity index (χ4n) is 13.4. The van der Waals surface area contributed by atoms with Gasteiger partial charge in [0.05, 0.1) is 10.8 Å². The fourth-order valence-corrected chi connectivity index (χ4v) is 13.4. The van der Waals surface area contributed by atoms with E-state index in [0.717, 1.165) is 67.1 Å². The predicted octanol–water partition coefficient (Wildman–Crippen LogP) is 16.5. The monoisotopic (exact) mass is 835 g/mol. The van der Waals surface area contributed by atoms with E-state index >= 15 is 0 Å². The highest BCUT2D eigenvalue weighted by atomic mass is 16.5. The number of para-hydroxylation sites is 1. The number of rotatable bonds is 4. The minimum atomic E-state index is -0.512. The molecule has 7 aliphatic rings. The standard InChI is InChI=1S/C63H49NO/c1-2-16-41(17-3-1)42-30-32-45(33-31-42)64(46-34-36-51-50-22-8-11-25-54(50)62(59(51)39-46)52-23-9-4-18-43(52)38-44-19-5-10-24-53(44)62)47-35-37-58-61(40-47)65-60-29-15-14-28-57(60)63(58)55-26-12-6-20-48(55)49-21-7-13-27-56(49)63/h4,6-8,10-16,18,20-22,24-37,39-40H,1-3,5,9,17,19,23,38H2. The highest BCUT2D eigenvalue weighted by Gasteiger charge is 2.53. The summed E-state index contributed by atoms with van der Waals surface area (Å²) in [5.74, 6) is 1.80. The molecule has 2 spiro atoms. The third-order valence-corrected chi connectivity index (χ3v) is 16.0. The van der Waals surface area contributed by atoms with Gasteiger partial charge in [0.1, 0.15) is 11.5 Å². The first kappa shape index (κ1) is 37.2. The third-order valence-electron chi connectivity index (χ3n) is 16.0. The molecule has 0 bridgehead atoms. The Morgan fingerprint density at radius 1 is 0.446 bits per heavy atom. The van der Waals surface area contributed by atoms with Gasteiger partial charge in [-0.1, -0.05) is 151 Å². The highest BCUT2D eigenvalue weighted by Crippen LogP contribution is 2.65. The van der Waals surface area contributed by atoms with Crippen molar-refractivity contribution in [2.75, 3.05) is 4.90 Å². The second-order valence-electron chi connectivity index (χ2n) is 19.1. The number of allylic oxidation sites excluding steroid dienone is 10. The largest absolute Gasteiger partial charge is 0.457 e. The average molecular weight is 836 g/mol. The van der Waals surface area contributed by atoms with Gasteiger partial charge in [-0.2, -0.15) is 0 Å². The lowest BCUT2D eigenvalue weighted by Gasteiger charge is -2.44. The minimum Gasteiger partial charge on any atom is -0.457 e. The summed E-state index contributed by atoms with van der Waals surface area (Å²) in [6.45, 7) is 0. The summed E-state index contributed by atoms with van der Waals surface area (Å²) >= 11 is 0. The van der Waals surface area contributed by atoms with Crippen molar-refractivity contribution in [2.24, 2.45) is 0 Å². The molecular weight excluding hydrogens is 787 g/mol. The molecular formula is C63H49NO. The van der Waals surface area contributed by atoms with E-state index in [1.165, 1.54) is 97.2 Å². The van der Waals surface area contributed by atoms with Crippen molar-refractivity contribution < 1.29 is 4.74 Å². The summed E-state index contributed by atoms with van der Waals surface area (Å²) in [4.78, 5) is 2.49. The number of hydrogen-bond acceptors (Lipinski definition) is 2. The average Bonchev–Trinajstić information content (AvgIpc) is 3.83. The molecule has 1 heterocycles. The van der Waals surface area contributed by atoms with Crippen molar-refractivity contribution in [3.05, 3.63) is 249 Å². The van der Waals surface area contributed by atoms with E-state index in [0.29, 0.717) is 0 Å². The molecule has 1 unspecified atom stereocenters. The molecule has 0 N–H and O–H groups in total. The van der Waals surface area contributed by atoms with Gasteiger partial charge in [0.25, 0.3) is 0 Å². The van der Waals surface area contributed by atoms with E-state index in [-0.39, 0.29) is 5.41 Å². The third kappa shape index (κ3) is 5.11. The summed E-state index contributed by atoms with van der Waals surface area (Å²) in [7, 11) is 0. The second-order valence-corrected chi connectivity index (χ2v) is 19.1. The fraction of sp³-hybridized carbons (Fsp3) is 0.175. The van der Waals surface area contributed by atoms with Crippen LogP contribution in [0.2, 0.25) is 0 Å². The number of benzene rings is 7. The lowest BCUT2D eigenvalue weighted by atomic mass is 9.58. The van der Waals surface area contributed by atoms with Crippen LogP contribution >= 0.6 is 0 Å². The van der Waals surface area contributed by atoms with Crippen LogP contribution in [0.3, 0.4) is 0 Å². The number of nitrogens with zero attached hydrogens (tertiary/aromatic N) is 1. The summed E-state index contributed by atoms with van der Waals surface area (Å²) < 4.78 is 7.12. The van der Waals surface area contributed by atoms with Gasteiger partial charge in [0, 0.05) is 34.3 Å². The van der Waals surface area contributed by atoms with Crippen LogP contribution in [-0.2, 0) is 10.8 Å². The molecule has 7 aromatic carbocycles. The molecule has 0 radical (unpaired) electrons. The van der Waals surface area contributed by atoms with E-state index in [4.69, 9.17) is 4.74 Å². The SMILES string of the molecule is C1=CC2=C(CC1)CC1=C(CCC=C1)C21c2ccccc2-c2ccc(N(c3ccc(C4=CCCCC4)cc3)c3ccc4c(c3)Oc3ccccc3C43c4ccccc4-c4ccccc43)cc21. The normalized spacial score (nSPS) is 19.9. The maximum absolute atomic E-state index is 7.12. The number of hydrogen-bond donors (Lipinski definition) is 0. The van der Waals surface area contributed by atoms with Gasteiger partial charge in [0.15, 0.2) is 0 Å². The van der Waals surface area contributed by atoms with Crippen molar-refractivity contribution in [1.29, 1.82) is 0 Å². The zero-order valence-electron chi connectivity index (χ0n) is 36.6. The van der Waals surface area contributed by atoms with Crippen LogP contribution in [0.1, 0.15) is 96.7 Å². The summed E-state index contributed by atoms with van der Waals surface area (Å²) in [5.41, 5.74) is 24.7. The van der Waals surface area contributed by atoms with Crippen molar-refractivity contribution in [3.8, 4) is 33.8 Å². The molecule has 1 atom stereocenters. The van der Waals surface area contributed by atoms with Crippen LogP contribution in [0.5, 0.6) is 11.5 Å². The van der Waals surface area contributed by atoms with Crippen LogP contribution in [0.15, 0.2) is 210 Å². The predicted molar refractivity (Wildman–Crippen MR) is 267 cm³/mol. The Morgan fingerprint density at radius 2 is 1.06 bits per heavy atom. The smallest absolute Gasteiger partial charge is 0.134 e. The molecule has 312 valence electrons. The van der Waals surface area contributed by atoms with Crippen molar-refractivity contribution >= 4 is 22.6 Å². The molecule has 14 rings (SSSR count). The number of ether oxygens (including phenoxy) is 1. The summed E-state index contributed by atoms with van der Waals surface area (Å²) in [5, 5.41) is 0. The molecule has 0 fully saturated rings. The first-order chi connectivity index (χ1) is 32.2. The van der Waals surface area contributed by atoms with Crippen molar-refractivity contribution in [2.45, 2.75) is 68.6 Å². The van der Waals surface area contributed by atoms with Gasteiger partial charge >= 0.3 is 0 Å². The molecule has 7 aromatic rings. The lowest BCUT2D eigenvalue weighted by molar-refractivity contribution is 0.436. The van der Waals surface area contributed by atoms with E-state index in [1.54, 1.807) is 11.1 Å². The Bertz CT molecular complexity index is 3290. The van der Waals surface area contributed by atoms with Crippen molar-refractivity contribution in [3.63, 3.8) is 0 Å². The quantitative estimate of drug-likeness (QED) is 0.175. The molecule has 0 aromatic heterocycles. The maximum atomic E-state index is 7.12. The molecule has 1 aliphatic heterocycles. The first-order valence-electron chi connectivity index (χ1n) is 24.0. The molecule has 0 saturated heterocycles. The Hall–Kier alpha value is -7.16. The Labute approximate surface area is 382 Å². The Morgan fingerprint density at radius 3 is 1.82 bits per heavy atom. The number of anilines is 3.